The fourth-order valence-electron chi connectivity index (χ4n) is 3.81. The first-order valence-corrected chi connectivity index (χ1v) is 12.3. The number of phenols is 3. The molecule has 0 saturated carbocycles. The molecule has 0 unspecified atom stereocenters. The van der Waals surface area contributed by atoms with Crippen LogP contribution in [0.4, 0.5) is 5.13 Å². The highest BCUT2D eigenvalue weighted by Crippen LogP contribution is 2.36. The number of thiazole rings is 1. The second-order valence-electron chi connectivity index (χ2n) is 8.53. The number of hydrazone groups is 1. The number of phenolic OH excluding ortho intramolecular Hbond substituents is 3. The van der Waals surface area contributed by atoms with Crippen LogP contribution in [0, 0.1) is 0 Å². The number of nitrogens with one attached hydrogen (secondary N) is 1. The molecule has 1 aliphatic rings. The average Bonchev–Trinajstić information content (AvgIpc) is 3.34. The van der Waals surface area contributed by atoms with Crippen molar-refractivity contribution in [1.82, 2.24) is 14.8 Å². The van der Waals surface area contributed by atoms with Gasteiger partial charge in [0, 0.05) is 54.7 Å². The van der Waals surface area contributed by atoms with Crippen molar-refractivity contribution >= 4 is 28.5 Å². The average molecular weight is 496 g/mol. The standard InChI is InChI=1S/C25H29N5O4S/c1-29-11-13-30(14-12-29)10-2-3-21(31)18-6-4-17(5-7-18)20-16-35-25(27-20)28-26-15-19-8-9-22(32)24(34)23(19)33/h4-9,15-16,32-34H,2-3,10-14H2,1H3,(H,27,28)/b26-15+. The van der Waals surface area contributed by atoms with Gasteiger partial charge in [-0.05, 0) is 32.1 Å². The molecule has 0 atom stereocenters. The molecule has 2 heterocycles. The molecule has 1 fully saturated rings. The number of piperazine rings is 1. The van der Waals surface area contributed by atoms with Gasteiger partial charge >= 0.3 is 0 Å². The largest absolute Gasteiger partial charge is 0.504 e. The molecule has 0 spiro atoms. The Morgan fingerprint density at radius 2 is 1.83 bits per heavy atom. The highest BCUT2D eigenvalue weighted by molar-refractivity contribution is 7.14. The summed E-state index contributed by atoms with van der Waals surface area (Å²) >= 11 is 1.36. The molecule has 0 bridgehead atoms. The van der Waals surface area contributed by atoms with E-state index in [0.29, 0.717) is 17.1 Å². The molecule has 35 heavy (non-hydrogen) atoms. The molecule has 3 aromatic rings. The third-order valence-electron chi connectivity index (χ3n) is 6.01. The van der Waals surface area contributed by atoms with Crippen molar-refractivity contribution in [1.29, 1.82) is 0 Å². The minimum absolute atomic E-state index is 0.157. The van der Waals surface area contributed by atoms with E-state index in [-0.39, 0.29) is 11.3 Å². The van der Waals surface area contributed by atoms with Gasteiger partial charge in [0.1, 0.15) is 0 Å². The van der Waals surface area contributed by atoms with Gasteiger partial charge in [0.05, 0.1) is 11.9 Å². The quantitative estimate of drug-likeness (QED) is 0.154. The maximum Gasteiger partial charge on any atom is 0.203 e. The van der Waals surface area contributed by atoms with E-state index in [4.69, 9.17) is 0 Å². The molecular weight excluding hydrogens is 466 g/mol. The number of Topliss-reactive ketones (excluding diaryl/α,β-unsaturated/α-hetero) is 1. The van der Waals surface area contributed by atoms with Crippen LogP contribution >= 0.6 is 11.3 Å². The number of carbonyl (C=O) groups is 1. The summed E-state index contributed by atoms with van der Waals surface area (Å²) in [4.78, 5) is 21.8. The normalized spacial score (nSPS) is 15.0. The minimum atomic E-state index is -0.595. The zero-order valence-corrected chi connectivity index (χ0v) is 20.3. The highest BCUT2D eigenvalue weighted by Gasteiger charge is 2.14. The zero-order valence-electron chi connectivity index (χ0n) is 19.5. The first kappa shape index (κ1) is 24.6. The predicted molar refractivity (Wildman–Crippen MR) is 138 cm³/mol. The highest BCUT2D eigenvalue weighted by atomic mass is 32.1. The van der Waals surface area contributed by atoms with Crippen molar-refractivity contribution in [3.05, 3.63) is 52.9 Å². The minimum Gasteiger partial charge on any atom is -0.504 e. The molecule has 1 aliphatic heterocycles. The first-order valence-electron chi connectivity index (χ1n) is 11.4. The molecule has 1 aromatic heterocycles. The van der Waals surface area contributed by atoms with Crippen molar-refractivity contribution in [3.8, 4) is 28.5 Å². The number of hydrogen-bond donors (Lipinski definition) is 4. The van der Waals surface area contributed by atoms with E-state index in [9.17, 15) is 20.1 Å². The second kappa shape index (κ2) is 11.3. The summed E-state index contributed by atoms with van der Waals surface area (Å²) in [5.41, 5.74) is 5.39. The molecule has 0 aliphatic carbocycles. The van der Waals surface area contributed by atoms with Crippen molar-refractivity contribution in [2.24, 2.45) is 5.10 Å². The van der Waals surface area contributed by atoms with E-state index in [0.717, 1.165) is 50.4 Å². The molecule has 4 rings (SSSR count). The topological polar surface area (TPSA) is 122 Å². The van der Waals surface area contributed by atoms with Crippen LogP contribution in [-0.4, -0.2) is 81.9 Å². The van der Waals surface area contributed by atoms with Gasteiger partial charge < -0.3 is 25.1 Å². The van der Waals surface area contributed by atoms with Crippen molar-refractivity contribution in [2.45, 2.75) is 12.8 Å². The lowest BCUT2D eigenvalue weighted by Gasteiger charge is -2.32. The Morgan fingerprint density at radius 3 is 2.57 bits per heavy atom. The number of nitrogens with zero attached hydrogens (tertiary/aromatic N) is 4. The van der Waals surface area contributed by atoms with Gasteiger partial charge in [-0.15, -0.1) is 11.3 Å². The molecule has 1 saturated heterocycles. The molecule has 184 valence electrons. The van der Waals surface area contributed by atoms with Gasteiger partial charge in [-0.2, -0.15) is 5.10 Å². The zero-order chi connectivity index (χ0) is 24.8. The predicted octanol–water partition coefficient (Wildman–Crippen LogP) is 3.58. The summed E-state index contributed by atoms with van der Waals surface area (Å²) in [6.45, 7) is 5.27. The molecule has 0 radical (unpaired) electrons. The summed E-state index contributed by atoms with van der Waals surface area (Å²) in [5.74, 6) is -1.30. The van der Waals surface area contributed by atoms with Crippen LogP contribution in [0.2, 0.25) is 0 Å². The molecule has 4 N–H and O–H groups in total. The van der Waals surface area contributed by atoms with Gasteiger partial charge in [-0.1, -0.05) is 24.3 Å². The van der Waals surface area contributed by atoms with Gasteiger partial charge in [0.15, 0.2) is 17.3 Å². The van der Waals surface area contributed by atoms with Crippen LogP contribution in [-0.2, 0) is 0 Å². The van der Waals surface area contributed by atoms with Crippen molar-refractivity contribution in [2.75, 3.05) is 45.2 Å². The Morgan fingerprint density at radius 1 is 1.09 bits per heavy atom. The molecule has 0 amide bonds. The summed E-state index contributed by atoms with van der Waals surface area (Å²) in [6.07, 6.45) is 2.73. The van der Waals surface area contributed by atoms with Crippen molar-refractivity contribution < 1.29 is 20.1 Å². The number of likely N-dealkylation sites (N-methyl/N-ethyl adjacent to an activating group) is 1. The summed E-state index contributed by atoms with van der Waals surface area (Å²) in [6, 6.07) is 10.2. The van der Waals surface area contributed by atoms with Gasteiger partial charge in [-0.3, -0.25) is 10.2 Å². The summed E-state index contributed by atoms with van der Waals surface area (Å²) in [7, 11) is 2.14. The number of aromatic nitrogens is 1. The lowest BCUT2D eigenvalue weighted by molar-refractivity contribution is 0.0967. The smallest absolute Gasteiger partial charge is 0.203 e. The molecular formula is C25H29N5O4S. The Hall–Kier alpha value is -3.47. The fourth-order valence-corrected chi connectivity index (χ4v) is 4.48. The number of carbonyl (C=O) groups excluding carboxylic acids is 1. The lowest BCUT2D eigenvalue weighted by atomic mass is 10.0. The Labute approximate surface area is 208 Å². The number of hydrogen-bond acceptors (Lipinski definition) is 10. The molecule has 9 nitrogen and oxygen atoms in total. The van der Waals surface area contributed by atoms with E-state index in [1.807, 2.05) is 29.6 Å². The maximum absolute atomic E-state index is 12.6. The van der Waals surface area contributed by atoms with Gasteiger partial charge in [0.25, 0.3) is 0 Å². The summed E-state index contributed by atoms with van der Waals surface area (Å²) in [5, 5.41) is 35.2. The van der Waals surface area contributed by atoms with Crippen LogP contribution in [0.5, 0.6) is 17.2 Å². The van der Waals surface area contributed by atoms with E-state index in [2.05, 4.69) is 32.4 Å². The monoisotopic (exact) mass is 495 g/mol. The Bertz CT molecular complexity index is 1190. The van der Waals surface area contributed by atoms with Crippen LogP contribution < -0.4 is 5.43 Å². The summed E-state index contributed by atoms with van der Waals surface area (Å²) < 4.78 is 0. The van der Waals surface area contributed by atoms with Crippen molar-refractivity contribution in [3.63, 3.8) is 0 Å². The fraction of sp³-hybridized carbons (Fsp3) is 0.320. The third-order valence-corrected chi connectivity index (χ3v) is 6.75. The van der Waals surface area contributed by atoms with E-state index in [1.165, 1.54) is 29.7 Å². The lowest BCUT2D eigenvalue weighted by Crippen LogP contribution is -2.44. The van der Waals surface area contributed by atoms with E-state index >= 15 is 0 Å². The van der Waals surface area contributed by atoms with Crippen LogP contribution in [0.1, 0.15) is 28.8 Å². The first-order chi connectivity index (χ1) is 16.9. The Kier molecular flexibility index (Phi) is 7.96. The number of benzene rings is 2. The SMILES string of the molecule is CN1CCN(CCCC(=O)c2ccc(-c3csc(N/N=C/c4ccc(O)c(O)c4O)n3)cc2)CC1. The van der Waals surface area contributed by atoms with Crippen LogP contribution in [0.3, 0.4) is 0 Å². The van der Waals surface area contributed by atoms with Gasteiger partial charge in [-0.25, -0.2) is 4.98 Å². The van der Waals surface area contributed by atoms with Gasteiger partial charge in [0.2, 0.25) is 10.9 Å². The number of rotatable bonds is 9. The van der Waals surface area contributed by atoms with E-state index in [1.54, 1.807) is 0 Å². The van der Waals surface area contributed by atoms with Crippen LogP contribution in [0.25, 0.3) is 11.3 Å². The number of anilines is 1. The Balaban J connectivity index is 1.28. The molecule has 2 aromatic carbocycles. The number of ketones is 1. The van der Waals surface area contributed by atoms with E-state index < -0.39 is 17.2 Å². The van der Waals surface area contributed by atoms with Crippen LogP contribution in [0.15, 0.2) is 46.9 Å². The third kappa shape index (κ3) is 6.36. The number of aromatic hydroxyl groups is 3. The maximum atomic E-state index is 12.6. The second-order valence-corrected chi connectivity index (χ2v) is 9.39. The molecule has 10 heteroatoms.